The van der Waals surface area contributed by atoms with Crippen molar-refractivity contribution in [1.82, 2.24) is 0 Å². The molecule has 2 atom stereocenters. The Balaban J connectivity index is 2.06. The normalized spacial score (nSPS) is 43.2. The van der Waals surface area contributed by atoms with Crippen molar-refractivity contribution >= 4 is 8.07 Å². The highest BCUT2D eigenvalue weighted by atomic mass is 28.3. The molecule has 0 aromatic rings. The molecule has 0 radical (unpaired) electrons. The van der Waals surface area contributed by atoms with E-state index < -0.39 is 8.07 Å². The van der Waals surface area contributed by atoms with Gasteiger partial charge in [0.15, 0.2) is 0 Å². The van der Waals surface area contributed by atoms with E-state index in [0.717, 1.165) is 6.61 Å². The van der Waals surface area contributed by atoms with Gasteiger partial charge in [-0.05, 0) is 11.5 Å². The molecule has 76 valence electrons. The van der Waals surface area contributed by atoms with Crippen LogP contribution in [0, 0.1) is 0 Å². The molecule has 2 unspecified atom stereocenters. The lowest BCUT2D eigenvalue weighted by molar-refractivity contribution is 0.344. The Labute approximate surface area is 82.9 Å². The SMILES string of the molecule is CC1(CC2CO2)CCCC[Si]1(C)C. The van der Waals surface area contributed by atoms with Crippen LogP contribution in [0.1, 0.15) is 32.6 Å². The highest BCUT2D eigenvalue weighted by Crippen LogP contribution is 2.53. The first-order chi connectivity index (χ1) is 6.04. The van der Waals surface area contributed by atoms with Gasteiger partial charge in [-0.25, -0.2) is 0 Å². The van der Waals surface area contributed by atoms with Crippen LogP contribution in [0.25, 0.3) is 0 Å². The molecule has 0 amide bonds. The second-order valence-corrected chi connectivity index (χ2v) is 11.3. The molecule has 0 saturated carbocycles. The number of hydrogen-bond acceptors (Lipinski definition) is 1. The minimum atomic E-state index is -0.947. The van der Waals surface area contributed by atoms with Crippen LogP contribution < -0.4 is 0 Å². The summed E-state index contributed by atoms with van der Waals surface area (Å²) in [5, 5.41) is 0.673. The molecule has 0 bridgehead atoms. The third-order valence-electron chi connectivity index (χ3n) is 4.49. The van der Waals surface area contributed by atoms with Gasteiger partial charge in [-0.3, -0.25) is 0 Å². The van der Waals surface area contributed by atoms with Gasteiger partial charge in [0.1, 0.15) is 0 Å². The van der Waals surface area contributed by atoms with Crippen molar-refractivity contribution in [2.45, 2.75) is 62.9 Å². The lowest BCUT2D eigenvalue weighted by Gasteiger charge is -2.46. The Morgan fingerprint density at radius 1 is 1.38 bits per heavy atom. The van der Waals surface area contributed by atoms with Crippen LogP contribution in [0.4, 0.5) is 0 Å². The minimum absolute atomic E-state index is 0.634. The summed E-state index contributed by atoms with van der Waals surface area (Å²) < 4.78 is 5.39. The average Bonchev–Trinajstić information content (AvgIpc) is 2.80. The van der Waals surface area contributed by atoms with Crippen LogP contribution in [-0.2, 0) is 4.74 Å². The summed E-state index contributed by atoms with van der Waals surface area (Å²) in [6.45, 7) is 8.73. The predicted octanol–water partition coefficient (Wildman–Crippen LogP) is 3.43. The van der Waals surface area contributed by atoms with Gasteiger partial charge in [-0.1, -0.05) is 45.3 Å². The smallest absolute Gasteiger partial charge is 0.0812 e. The van der Waals surface area contributed by atoms with Crippen LogP contribution in [0.5, 0.6) is 0 Å². The van der Waals surface area contributed by atoms with E-state index in [0.29, 0.717) is 11.1 Å². The van der Waals surface area contributed by atoms with Crippen LogP contribution >= 0.6 is 0 Å². The number of rotatable bonds is 2. The average molecular weight is 198 g/mol. The van der Waals surface area contributed by atoms with Crippen molar-refractivity contribution < 1.29 is 4.74 Å². The van der Waals surface area contributed by atoms with Gasteiger partial charge in [0.2, 0.25) is 0 Å². The maximum atomic E-state index is 5.39. The molecular formula is C11H22OSi. The van der Waals surface area contributed by atoms with Gasteiger partial charge < -0.3 is 4.74 Å². The molecule has 2 aliphatic rings. The van der Waals surface area contributed by atoms with E-state index in [2.05, 4.69) is 20.0 Å². The summed E-state index contributed by atoms with van der Waals surface area (Å²) >= 11 is 0. The van der Waals surface area contributed by atoms with Crippen molar-refractivity contribution in [2.24, 2.45) is 0 Å². The fourth-order valence-electron chi connectivity index (χ4n) is 2.79. The first-order valence-electron chi connectivity index (χ1n) is 5.65. The van der Waals surface area contributed by atoms with Crippen molar-refractivity contribution in [3.8, 4) is 0 Å². The van der Waals surface area contributed by atoms with Gasteiger partial charge in [-0.2, -0.15) is 0 Å². The molecular weight excluding hydrogens is 176 g/mol. The molecule has 13 heavy (non-hydrogen) atoms. The summed E-state index contributed by atoms with van der Waals surface area (Å²) in [5.41, 5.74) is 0. The van der Waals surface area contributed by atoms with Gasteiger partial charge in [0.05, 0.1) is 20.8 Å². The molecule has 0 aromatic carbocycles. The molecule has 1 nitrogen and oxygen atoms in total. The van der Waals surface area contributed by atoms with Gasteiger partial charge in [0.25, 0.3) is 0 Å². The Kier molecular flexibility index (Phi) is 2.31. The van der Waals surface area contributed by atoms with E-state index in [9.17, 15) is 0 Å². The Morgan fingerprint density at radius 2 is 2.08 bits per heavy atom. The Bertz CT molecular complexity index is 198. The fraction of sp³-hybridized carbons (Fsp3) is 1.00. The quantitative estimate of drug-likeness (QED) is 0.489. The van der Waals surface area contributed by atoms with Crippen molar-refractivity contribution in [2.75, 3.05) is 6.61 Å². The second kappa shape index (κ2) is 3.09. The van der Waals surface area contributed by atoms with Crippen LogP contribution in [0.15, 0.2) is 0 Å². The summed E-state index contributed by atoms with van der Waals surface area (Å²) in [5.74, 6) is 0. The number of ether oxygens (including phenoxy) is 1. The molecule has 2 fully saturated rings. The lowest BCUT2D eigenvalue weighted by Crippen LogP contribution is -2.43. The van der Waals surface area contributed by atoms with E-state index in [4.69, 9.17) is 4.74 Å². The third-order valence-corrected chi connectivity index (χ3v) is 9.82. The van der Waals surface area contributed by atoms with Crippen LogP contribution in [-0.4, -0.2) is 20.8 Å². The van der Waals surface area contributed by atoms with E-state index in [1.165, 1.54) is 31.7 Å². The monoisotopic (exact) mass is 198 g/mol. The second-order valence-electron chi connectivity index (χ2n) is 5.81. The van der Waals surface area contributed by atoms with Gasteiger partial charge >= 0.3 is 0 Å². The zero-order chi connectivity index (χ0) is 9.53. The maximum absolute atomic E-state index is 5.39. The zero-order valence-corrected chi connectivity index (χ0v) is 10.2. The van der Waals surface area contributed by atoms with E-state index in [-0.39, 0.29) is 0 Å². The lowest BCUT2D eigenvalue weighted by atomic mass is 9.97. The highest BCUT2D eigenvalue weighted by Gasteiger charge is 2.47. The molecule has 0 aromatic heterocycles. The first-order valence-corrected chi connectivity index (χ1v) is 8.86. The first kappa shape index (κ1) is 9.72. The Morgan fingerprint density at radius 3 is 2.62 bits per heavy atom. The molecule has 0 aliphatic carbocycles. The van der Waals surface area contributed by atoms with Crippen molar-refractivity contribution in [3.63, 3.8) is 0 Å². The predicted molar refractivity (Wildman–Crippen MR) is 58.9 cm³/mol. The zero-order valence-electron chi connectivity index (χ0n) is 9.23. The van der Waals surface area contributed by atoms with Gasteiger partial charge in [0, 0.05) is 0 Å². The standard InChI is InChI=1S/C11H22OSi/c1-11(8-10-9-12-10)6-4-5-7-13(11,2)3/h10H,4-9H2,1-3H3. The molecule has 0 spiro atoms. The van der Waals surface area contributed by atoms with Crippen molar-refractivity contribution in [3.05, 3.63) is 0 Å². The van der Waals surface area contributed by atoms with Crippen LogP contribution in [0.3, 0.4) is 0 Å². The maximum Gasteiger partial charge on any atom is 0.0812 e. The summed E-state index contributed by atoms with van der Waals surface area (Å²) in [7, 11) is -0.947. The highest BCUT2D eigenvalue weighted by molar-refractivity contribution is 6.80. The van der Waals surface area contributed by atoms with Crippen LogP contribution in [0.2, 0.25) is 24.2 Å². The number of hydrogen-bond donors (Lipinski definition) is 0. The topological polar surface area (TPSA) is 12.5 Å². The number of epoxide rings is 1. The molecule has 2 aliphatic heterocycles. The molecule has 2 rings (SSSR count). The van der Waals surface area contributed by atoms with Gasteiger partial charge in [-0.15, -0.1) is 0 Å². The van der Waals surface area contributed by atoms with E-state index in [1.807, 2.05) is 0 Å². The molecule has 2 saturated heterocycles. The van der Waals surface area contributed by atoms with E-state index in [1.54, 1.807) is 0 Å². The molecule has 2 heteroatoms. The largest absolute Gasteiger partial charge is 0.373 e. The third kappa shape index (κ3) is 1.84. The Hall–Kier alpha value is 0.177. The van der Waals surface area contributed by atoms with E-state index >= 15 is 0 Å². The summed E-state index contributed by atoms with van der Waals surface area (Å²) in [4.78, 5) is 0. The minimum Gasteiger partial charge on any atom is -0.373 e. The molecule has 2 heterocycles. The summed E-state index contributed by atoms with van der Waals surface area (Å²) in [6.07, 6.45) is 6.40. The summed E-state index contributed by atoms with van der Waals surface area (Å²) in [6, 6.07) is 1.54. The fourth-order valence-corrected chi connectivity index (χ4v) is 6.16. The molecule has 0 N–H and O–H groups in total. The van der Waals surface area contributed by atoms with Crippen molar-refractivity contribution in [1.29, 1.82) is 0 Å².